The predicted molar refractivity (Wildman–Crippen MR) is 97.6 cm³/mol. The molecular formula is C14H20N8O2S. The van der Waals surface area contributed by atoms with Gasteiger partial charge in [0, 0.05) is 11.1 Å². The summed E-state index contributed by atoms with van der Waals surface area (Å²) in [4.78, 5) is -0.199. The van der Waals surface area contributed by atoms with Crippen LogP contribution in [-0.4, -0.2) is 20.1 Å². The zero-order chi connectivity index (χ0) is 19.2. The monoisotopic (exact) mass is 364 g/mol. The summed E-state index contributed by atoms with van der Waals surface area (Å²) in [6.45, 7) is 0. The smallest absolute Gasteiger partial charge is 0.238 e. The number of nitrogens with one attached hydrogen (secondary N) is 1. The summed E-state index contributed by atoms with van der Waals surface area (Å²) in [6.07, 6.45) is 0. The number of nitrogens with two attached hydrogens (primary N) is 6. The van der Waals surface area contributed by atoms with Gasteiger partial charge >= 0.3 is 0 Å². The summed E-state index contributed by atoms with van der Waals surface area (Å²) in [5, 5.41) is 16.3. The first-order valence-electron chi connectivity index (χ1n) is 6.73. The van der Waals surface area contributed by atoms with Crippen LogP contribution in [0.15, 0.2) is 52.5 Å². The van der Waals surface area contributed by atoms with Gasteiger partial charge in [0.1, 0.15) is 11.7 Å². The van der Waals surface area contributed by atoms with E-state index in [2.05, 4.69) is 16.8 Å². The number of sulfonamides is 1. The van der Waals surface area contributed by atoms with Crippen molar-refractivity contribution in [2.24, 2.45) is 39.2 Å². The van der Waals surface area contributed by atoms with Crippen LogP contribution in [0.4, 0.5) is 0 Å². The van der Waals surface area contributed by atoms with Crippen LogP contribution < -0.4 is 34.1 Å². The Morgan fingerprint density at radius 2 is 1.56 bits per heavy atom. The van der Waals surface area contributed by atoms with Gasteiger partial charge in [-0.3, -0.25) is 17.1 Å². The number of benzene rings is 2. The Morgan fingerprint density at radius 3 is 2.00 bits per heavy atom. The third-order valence-electron chi connectivity index (χ3n) is 3.23. The molecule has 0 heterocycles. The second-order valence-electron chi connectivity index (χ2n) is 4.73. The Kier molecular flexibility index (Phi) is 6.59. The second-order valence-corrected chi connectivity index (χ2v) is 6.26. The molecule has 10 nitrogen and oxygen atoms in total. The van der Waals surface area contributed by atoms with E-state index in [0.717, 1.165) is 0 Å². The Hall–Kier alpha value is -2.99. The van der Waals surface area contributed by atoms with E-state index < -0.39 is 15.9 Å². The Labute approximate surface area is 145 Å². The molecule has 0 saturated carbocycles. The fourth-order valence-corrected chi connectivity index (χ4v) is 2.95. The fourth-order valence-electron chi connectivity index (χ4n) is 2.18. The van der Waals surface area contributed by atoms with Crippen LogP contribution in [-0.2, 0) is 10.0 Å². The first-order chi connectivity index (χ1) is 11.8. The lowest BCUT2D eigenvalue weighted by Crippen LogP contribution is -2.21. The van der Waals surface area contributed by atoms with Crippen molar-refractivity contribution in [2.75, 3.05) is 0 Å². The van der Waals surface area contributed by atoms with Crippen molar-refractivity contribution >= 4 is 21.7 Å². The Bertz CT molecular complexity index is 892. The van der Waals surface area contributed by atoms with Crippen molar-refractivity contribution in [1.29, 1.82) is 5.41 Å². The number of hydrazine groups is 1. The van der Waals surface area contributed by atoms with Crippen LogP contribution in [0.2, 0.25) is 0 Å². The molecule has 0 aliphatic rings. The van der Waals surface area contributed by atoms with Gasteiger partial charge in [0.05, 0.1) is 4.90 Å². The van der Waals surface area contributed by atoms with E-state index >= 15 is 0 Å². The van der Waals surface area contributed by atoms with Crippen molar-refractivity contribution in [3.63, 3.8) is 0 Å². The molecule has 0 fully saturated rings. The lowest BCUT2D eigenvalue weighted by atomic mass is 9.98. The number of primary sulfonamides is 1. The zero-order valence-corrected chi connectivity index (χ0v) is 14.0. The van der Waals surface area contributed by atoms with Crippen LogP contribution >= 0.6 is 0 Å². The van der Waals surface area contributed by atoms with Crippen molar-refractivity contribution in [3.8, 4) is 11.1 Å². The van der Waals surface area contributed by atoms with Gasteiger partial charge in [-0.25, -0.2) is 13.6 Å². The summed E-state index contributed by atoms with van der Waals surface area (Å²) < 4.78 is 23.4. The molecule has 0 aliphatic carbocycles. The second kappa shape index (κ2) is 8.21. The highest BCUT2D eigenvalue weighted by atomic mass is 32.2. The largest absolute Gasteiger partial charge is 0.384 e. The van der Waals surface area contributed by atoms with Crippen molar-refractivity contribution in [1.82, 2.24) is 0 Å². The van der Waals surface area contributed by atoms with Gasteiger partial charge in [-0.15, -0.1) is 0 Å². The van der Waals surface area contributed by atoms with Gasteiger partial charge in [-0.05, 0) is 17.2 Å². The number of nitrogens with zero attached hydrogens (tertiary/aromatic N) is 1. The number of hydrogen-bond donors (Lipinski definition) is 7. The van der Waals surface area contributed by atoms with E-state index in [0.29, 0.717) is 16.7 Å². The molecule has 0 amide bonds. The molecule has 11 heteroatoms. The highest BCUT2D eigenvalue weighted by Crippen LogP contribution is 2.28. The molecule has 0 atom stereocenters. The first-order valence-corrected chi connectivity index (χ1v) is 8.28. The van der Waals surface area contributed by atoms with E-state index in [4.69, 9.17) is 27.9 Å². The maximum atomic E-state index is 11.7. The molecule has 134 valence electrons. The molecule has 13 N–H and O–H groups in total. The maximum Gasteiger partial charge on any atom is 0.238 e. The van der Waals surface area contributed by atoms with E-state index in [1.54, 1.807) is 30.3 Å². The Morgan fingerprint density at radius 1 is 1.00 bits per heavy atom. The van der Waals surface area contributed by atoms with Crippen molar-refractivity contribution in [2.45, 2.75) is 4.90 Å². The average molecular weight is 364 g/mol. The van der Waals surface area contributed by atoms with E-state index in [1.165, 1.54) is 12.1 Å². The number of hydrazone groups is 1. The summed E-state index contributed by atoms with van der Waals surface area (Å²) >= 11 is 0. The van der Waals surface area contributed by atoms with Crippen LogP contribution in [0.5, 0.6) is 0 Å². The van der Waals surface area contributed by atoms with Gasteiger partial charge in [0.2, 0.25) is 10.0 Å². The molecular weight excluding hydrogens is 344 g/mol. The normalized spacial score (nSPS) is 11.4. The zero-order valence-electron chi connectivity index (χ0n) is 13.2. The SMILES string of the molecule is N=C(N)c1c(-c2ccc(/C(N)=N/N)cc2)cccc1S(N)(=O)=O.NN. The summed E-state index contributed by atoms with van der Waals surface area (Å²) in [7, 11) is -4.01. The molecule has 0 bridgehead atoms. The molecule has 0 aliphatic heterocycles. The van der Waals surface area contributed by atoms with E-state index in [-0.39, 0.29) is 16.3 Å². The molecule has 0 saturated heterocycles. The first kappa shape index (κ1) is 20.1. The number of hydrogen-bond acceptors (Lipinski definition) is 7. The molecule has 0 spiro atoms. The summed E-state index contributed by atoms with van der Waals surface area (Å²) in [5.41, 5.74) is 13.0. The third-order valence-corrected chi connectivity index (χ3v) is 4.19. The minimum atomic E-state index is -4.01. The Balaban J connectivity index is 0.00000151. The van der Waals surface area contributed by atoms with Gasteiger partial charge in [0.15, 0.2) is 0 Å². The maximum absolute atomic E-state index is 11.7. The number of amidine groups is 2. The quantitative estimate of drug-likeness (QED) is 0.150. The van der Waals surface area contributed by atoms with Crippen molar-refractivity contribution < 1.29 is 8.42 Å². The number of rotatable bonds is 4. The van der Waals surface area contributed by atoms with Gasteiger partial charge < -0.3 is 17.3 Å². The lowest BCUT2D eigenvalue weighted by Gasteiger charge is -2.13. The standard InChI is InChI=1S/C14H16N6O2S.H4N2/c15-13(16)12-10(2-1-3-11(12)23(19,21)22)8-4-6-9(7-5-8)14(17)20-18;1-2/h1-7H,18H2,(H3,15,16)(H2,17,20)(H2,19,21,22);1-2H2. The van der Waals surface area contributed by atoms with E-state index in [9.17, 15) is 8.42 Å². The minimum Gasteiger partial charge on any atom is -0.384 e. The van der Waals surface area contributed by atoms with Crippen LogP contribution in [0.3, 0.4) is 0 Å². The molecule has 2 rings (SSSR count). The highest BCUT2D eigenvalue weighted by molar-refractivity contribution is 7.89. The van der Waals surface area contributed by atoms with Gasteiger partial charge in [-0.1, -0.05) is 36.4 Å². The highest BCUT2D eigenvalue weighted by Gasteiger charge is 2.20. The van der Waals surface area contributed by atoms with Crippen LogP contribution in [0.25, 0.3) is 11.1 Å². The molecule has 2 aromatic carbocycles. The van der Waals surface area contributed by atoms with Gasteiger partial charge in [0.25, 0.3) is 0 Å². The lowest BCUT2D eigenvalue weighted by molar-refractivity contribution is 0.597. The molecule has 0 radical (unpaired) electrons. The minimum absolute atomic E-state index is 0.0585. The van der Waals surface area contributed by atoms with Crippen molar-refractivity contribution in [3.05, 3.63) is 53.6 Å². The van der Waals surface area contributed by atoms with Crippen LogP contribution in [0, 0.1) is 5.41 Å². The predicted octanol–water partition coefficient (Wildman–Crippen LogP) is -1.32. The molecule has 2 aromatic rings. The van der Waals surface area contributed by atoms with E-state index in [1.807, 2.05) is 0 Å². The van der Waals surface area contributed by atoms with Crippen LogP contribution in [0.1, 0.15) is 11.1 Å². The molecule has 25 heavy (non-hydrogen) atoms. The molecule has 0 unspecified atom stereocenters. The summed E-state index contributed by atoms with van der Waals surface area (Å²) in [6, 6.07) is 11.2. The topological polar surface area (TPSA) is 226 Å². The molecule has 0 aromatic heterocycles. The average Bonchev–Trinajstić information content (AvgIpc) is 2.61. The summed E-state index contributed by atoms with van der Waals surface area (Å²) in [5.74, 6) is 12.9. The van der Waals surface area contributed by atoms with Gasteiger partial charge in [-0.2, -0.15) is 5.10 Å². The fraction of sp³-hybridized carbons (Fsp3) is 0. The number of nitrogen functional groups attached to an aromatic ring is 1. The third kappa shape index (κ3) is 4.51.